The molecule has 0 radical (unpaired) electrons. The minimum absolute atomic E-state index is 0.0287. The molecule has 0 atom stereocenters. The van der Waals surface area contributed by atoms with Gasteiger partial charge in [-0.3, -0.25) is 4.79 Å². The summed E-state index contributed by atoms with van der Waals surface area (Å²) in [6, 6.07) is 0. The molecule has 5 N–H and O–H groups in total. The standard InChI is InChI=1S/C15H27N7O3.C2H6/c1-12(2)15(23)9-22-8-14(19-20-22)11-25-6-5-24-10-13(17)7-21(18)4-3-16;1-2/h3,7-8,12,16H,4-6,9-11,17-18H2,1-2H3;1-2H3/b13-7-,16-3?;. The number of hydrogen-bond donors (Lipinski definition) is 3. The minimum atomic E-state index is -0.0287. The molecule has 10 heteroatoms. The van der Waals surface area contributed by atoms with Crippen molar-refractivity contribution in [1.29, 1.82) is 5.41 Å². The smallest absolute Gasteiger partial charge is 0.156 e. The molecule has 0 saturated heterocycles. The van der Waals surface area contributed by atoms with Crippen molar-refractivity contribution in [3.8, 4) is 0 Å². The molecule has 1 aromatic heterocycles. The number of aromatic nitrogens is 3. The summed E-state index contributed by atoms with van der Waals surface area (Å²) in [5.41, 5.74) is 6.84. The van der Waals surface area contributed by atoms with E-state index in [0.29, 0.717) is 31.2 Å². The largest absolute Gasteiger partial charge is 0.399 e. The summed E-state index contributed by atoms with van der Waals surface area (Å²) in [5.74, 6) is 5.64. The van der Waals surface area contributed by atoms with E-state index >= 15 is 0 Å². The van der Waals surface area contributed by atoms with Gasteiger partial charge in [0.2, 0.25) is 0 Å². The molecule has 27 heavy (non-hydrogen) atoms. The molecule has 0 bridgehead atoms. The summed E-state index contributed by atoms with van der Waals surface area (Å²) in [5, 5.41) is 16.1. The molecule has 1 rings (SSSR count). The van der Waals surface area contributed by atoms with Crippen LogP contribution in [0.25, 0.3) is 0 Å². The Labute approximate surface area is 161 Å². The molecule has 0 saturated carbocycles. The molecule has 0 aliphatic carbocycles. The molecule has 154 valence electrons. The molecule has 0 unspecified atom stereocenters. The molecular weight excluding hydrogens is 350 g/mol. The Bertz CT molecular complexity index is 573. The first-order valence-electron chi connectivity index (χ1n) is 8.96. The van der Waals surface area contributed by atoms with Gasteiger partial charge >= 0.3 is 0 Å². The normalized spacial score (nSPS) is 11.1. The zero-order valence-electron chi connectivity index (χ0n) is 16.7. The van der Waals surface area contributed by atoms with E-state index in [0.717, 1.165) is 0 Å². The van der Waals surface area contributed by atoms with Crippen molar-refractivity contribution in [2.75, 3.05) is 26.4 Å². The van der Waals surface area contributed by atoms with Gasteiger partial charge in [-0.25, -0.2) is 10.5 Å². The zero-order valence-corrected chi connectivity index (χ0v) is 16.7. The Hall–Kier alpha value is -2.30. The van der Waals surface area contributed by atoms with Gasteiger partial charge in [-0.1, -0.05) is 32.9 Å². The molecule has 1 heterocycles. The summed E-state index contributed by atoms with van der Waals surface area (Å²) in [4.78, 5) is 11.6. The van der Waals surface area contributed by atoms with Gasteiger partial charge in [0.15, 0.2) is 5.78 Å². The van der Waals surface area contributed by atoms with E-state index in [2.05, 4.69) is 10.3 Å². The maximum absolute atomic E-state index is 11.6. The van der Waals surface area contributed by atoms with Crippen LogP contribution in [0.3, 0.4) is 0 Å². The van der Waals surface area contributed by atoms with Crippen molar-refractivity contribution < 1.29 is 14.3 Å². The monoisotopic (exact) mass is 383 g/mol. The van der Waals surface area contributed by atoms with Crippen molar-refractivity contribution in [3.63, 3.8) is 0 Å². The van der Waals surface area contributed by atoms with Crippen LogP contribution in [0.2, 0.25) is 0 Å². The van der Waals surface area contributed by atoms with Crippen molar-refractivity contribution in [3.05, 3.63) is 23.8 Å². The molecule has 0 fully saturated rings. The second-order valence-electron chi connectivity index (χ2n) is 5.74. The number of Topliss-reactive ketones (excluding diaryl/α,β-unsaturated/α-hetero) is 1. The molecule has 0 spiro atoms. The summed E-state index contributed by atoms with van der Waals surface area (Å²) in [6.45, 7) is 9.46. The lowest BCUT2D eigenvalue weighted by Crippen LogP contribution is -2.28. The van der Waals surface area contributed by atoms with Crippen molar-refractivity contribution >= 4 is 12.0 Å². The lowest BCUT2D eigenvalue weighted by Gasteiger charge is -2.12. The first-order valence-corrected chi connectivity index (χ1v) is 8.96. The first kappa shape index (κ1) is 24.7. The Balaban J connectivity index is 0.00000326. The Morgan fingerprint density at radius 2 is 2.04 bits per heavy atom. The van der Waals surface area contributed by atoms with Crippen LogP contribution in [0.1, 0.15) is 33.4 Å². The van der Waals surface area contributed by atoms with Crippen LogP contribution in [0.15, 0.2) is 18.1 Å². The topological polar surface area (TPSA) is 145 Å². The summed E-state index contributed by atoms with van der Waals surface area (Å²) >= 11 is 0. The lowest BCUT2D eigenvalue weighted by atomic mass is 10.1. The Morgan fingerprint density at radius 1 is 1.37 bits per heavy atom. The first-order chi connectivity index (χ1) is 12.9. The number of hydrogen-bond acceptors (Lipinski definition) is 9. The average molecular weight is 383 g/mol. The minimum Gasteiger partial charge on any atom is -0.399 e. The van der Waals surface area contributed by atoms with Crippen LogP contribution in [0, 0.1) is 11.3 Å². The number of nitrogens with zero attached hydrogens (tertiary/aromatic N) is 4. The predicted octanol–water partition coefficient (Wildman–Crippen LogP) is 0.688. The van der Waals surface area contributed by atoms with Crippen LogP contribution >= 0.6 is 0 Å². The van der Waals surface area contributed by atoms with Gasteiger partial charge in [0.25, 0.3) is 0 Å². The molecule has 0 aromatic carbocycles. The van der Waals surface area contributed by atoms with E-state index in [1.807, 2.05) is 27.7 Å². The van der Waals surface area contributed by atoms with Gasteiger partial charge in [0.05, 0.1) is 44.9 Å². The Kier molecular flexibility index (Phi) is 13.6. The quantitative estimate of drug-likeness (QED) is 0.195. The highest BCUT2D eigenvalue weighted by molar-refractivity contribution is 5.79. The van der Waals surface area contributed by atoms with Crippen molar-refractivity contribution in [2.45, 2.75) is 40.8 Å². The van der Waals surface area contributed by atoms with Crippen LogP contribution in [-0.2, 0) is 27.4 Å². The predicted molar refractivity (Wildman–Crippen MR) is 104 cm³/mol. The van der Waals surface area contributed by atoms with E-state index in [1.165, 1.54) is 22.1 Å². The second-order valence-corrected chi connectivity index (χ2v) is 5.74. The molecule has 1 aromatic rings. The zero-order chi connectivity index (χ0) is 20.7. The van der Waals surface area contributed by atoms with E-state index < -0.39 is 0 Å². The Morgan fingerprint density at radius 3 is 2.67 bits per heavy atom. The number of hydrazine groups is 1. The van der Waals surface area contributed by atoms with E-state index in [9.17, 15) is 4.79 Å². The van der Waals surface area contributed by atoms with Gasteiger partial charge in [-0.15, -0.1) is 5.10 Å². The number of rotatable bonds is 13. The SMILES string of the molecule is CC.CC(C)C(=O)Cn1cc(COCCOC/C(N)=C/N(N)CC=N)nn1. The van der Waals surface area contributed by atoms with Gasteiger partial charge < -0.3 is 25.6 Å². The van der Waals surface area contributed by atoms with Gasteiger partial charge in [-0.2, -0.15) is 0 Å². The maximum Gasteiger partial charge on any atom is 0.156 e. The number of carbonyl (C=O) groups is 1. The number of ether oxygens (including phenoxy) is 2. The van der Waals surface area contributed by atoms with Gasteiger partial charge in [0.1, 0.15) is 12.2 Å². The van der Waals surface area contributed by atoms with Crippen molar-refractivity contribution in [1.82, 2.24) is 20.0 Å². The van der Waals surface area contributed by atoms with Gasteiger partial charge in [-0.05, 0) is 0 Å². The van der Waals surface area contributed by atoms with Crippen LogP contribution in [0.4, 0.5) is 0 Å². The molecule has 10 nitrogen and oxygen atoms in total. The summed E-state index contributed by atoms with van der Waals surface area (Å²) < 4.78 is 12.3. The third-order valence-electron chi connectivity index (χ3n) is 3.07. The highest BCUT2D eigenvalue weighted by Gasteiger charge is 2.09. The lowest BCUT2D eigenvalue weighted by molar-refractivity contribution is -0.122. The maximum atomic E-state index is 11.6. The third kappa shape index (κ3) is 11.8. The molecule has 0 aliphatic heterocycles. The summed E-state index contributed by atoms with van der Waals surface area (Å²) in [7, 11) is 0. The number of ketones is 1. The number of carbonyl (C=O) groups excluding carboxylic acids is 1. The molecule has 0 aliphatic rings. The fraction of sp³-hybridized carbons (Fsp3) is 0.647. The average Bonchev–Trinajstić information content (AvgIpc) is 3.07. The molecular formula is C17H33N7O3. The molecule has 0 amide bonds. The van der Waals surface area contributed by atoms with Crippen LogP contribution < -0.4 is 11.6 Å². The second kappa shape index (κ2) is 14.8. The van der Waals surface area contributed by atoms with E-state index in [4.69, 9.17) is 26.5 Å². The third-order valence-corrected chi connectivity index (χ3v) is 3.07. The van der Waals surface area contributed by atoms with Crippen LogP contribution in [0.5, 0.6) is 0 Å². The summed E-state index contributed by atoms with van der Waals surface area (Å²) in [6.07, 6.45) is 4.39. The highest BCUT2D eigenvalue weighted by Crippen LogP contribution is 2.00. The van der Waals surface area contributed by atoms with E-state index in [-0.39, 0.29) is 31.4 Å². The highest BCUT2D eigenvalue weighted by atomic mass is 16.5. The fourth-order valence-corrected chi connectivity index (χ4v) is 1.72. The number of nitrogens with one attached hydrogen (secondary N) is 1. The van der Waals surface area contributed by atoms with Crippen molar-refractivity contribution in [2.24, 2.45) is 17.5 Å². The van der Waals surface area contributed by atoms with E-state index in [1.54, 1.807) is 6.20 Å². The fourth-order valence-electron chi connectivity index (χ4n) is 1.72. The van der Waals surface area contributed by atoms with Gasteiger partial charge in [0, 0.05) is 18.3 Å². The number of nitrogens with two attached hydrogens (primary N) is 2. The van der Waals surface area contributed by atoms with Crippen LogP contribution in [-0.4, -0.2) is 58.4 Å².